The Labute approximate surface area is 120 Å². The first-order valence-electron chi connectivity index (χ1n) is 5.48. The van der Waals surface area contributed by atoms with Crippen LogP contribution in [0.3, 0.4) is 0 Å². The van der Waals surface area contributed by atoms with Gasteiger partial charge in [0.25, 0.3) is 0 Å². The lowest BCUT2D eigenvalue weighted by atomic mass is 10.2. The van der Waals surface area contributed by atoms with E-state index in [1.807, 2.05) is 6.07 Å². The van der Waals surface area contributed by atoms with Crippen molar-refractivity contribution in [2.24, 2.45) is 0 Å². The molecule has 5 heteroatoms. The lowest BCUT2D eigenvalue weighted by molar-refractivity contribution is 0.613. The van der Waals surface area contributed by atoms with Crippen LogP contribution >= 0.6 is 23.2 Å². The first kappa shape index (κ1) is 13.7. The van der Waals surface area contributed by atoms with Crippen LogP contribution in [0.2, 0.25) is 10.0 Å². The molecule has 0 aliphatic heterocycles. The van der Waals surface area contributed by atoms with Crippen molar-refractivity contribution in [1.82, 2.24) is 0 Å². The highest BCUT2D eigenvalue weighted by Gasteiger charge is 2.07. The molecular formula is C14H9Cl2FN2. The molecule has 0 bridgehead atoms. The number of nitrogens with one attached hydrogen (secondary N) is 1. The molecule has 0 unspecified atom stereocenters. The Bertz CT molecular complexity index is 630. The minimum atomic E-state index is -0.366. The zero-order valence-electron chi connectivity index (χ0n) is 9.75. The van der Waals surface area contributed by atoms with Gasteiger partial charge >= 0.3 is 0 Å². The summed E-state index contributed by atoms with van der Waals surface area (Å²) < 4.78 is 13.6. The van der Waals surface area contributed by atoms with E-state index >= 15 is 0 Å². The maximum Gasteiger partial charge on any atom is 0.129 e. The molecule has 2 rings (SSSR count). The van der Waals surface area contributed by atoms with E-state index in [-0.39, 0.29) is 12.4 Å². The second-order valence-electron chi connectivity index (χ2n) is 3.86. The quantitative estimate of drug-likeness (QED) is 0.897. The zero-order valence-corrected chi connectivity index (χ0v) is 11.3. The Morgan fingerprint density at radius 1 is 1.16 bits per heavy atom. The molecule has 0 aliphatic carbocycles. The maximum absolute atomic E-state index is 13.6. The normalized spacial score (nSPS) is 10.0. The van der Waals surface area contributed by atoms with Gasteiger partial charge < -0.3 is 5.32 Å². The van der Waals surface area contributed by atoms with Crippen LogP contribution in [-0.4, -0.2) is 0 Å². The van der Waals surface area contributed by atoms with Gasteiger partial charge in [-0.2, -0.15) is 5.26 Å². The van der Waals surface area contributed by atoms with Crippen molar-refractivity contribution in [3.8, 4) is 6.07 Å². The van der Waals surface area contributed by atoms with Crippen LogP contribution in [0.15, 0.2) is 36.4 Å². The van der Waals surface area contributed by atoms with Crippen molar-refractivity contribution in [2.75, 3.05) is 5.32 Å². The number of rotatable bonds is 3. The average molecular weight is 295 g/mol. The summed E-state index contributed by atoms with van der Waals surface area (Å²) in [6.45, 7) is 0.234. The summed E-state index contributed by atoms with van der Waals surface area (Å²) in [6.07, 6.45) is 0. The molecule has 19 heavy (non-hydrogen) atoms. The van der Waals surface area contributed by atoms with Crippen LogP contribution in [0.25, 0.3) is 0 Å². The predicted octanol–water partition coefficient (Wildman–Crippen LogP) is 4.62. The molecule has 0 saturated carbocycles. The molecule has 0 fully saturated rings. The van der Waals surface area contributed by atoms with Crippen LogP contribution in [-0.2, 0) is 6.54 Å². The van der Waals surface area contributed by atoms with Gasteiger partial charge in [-0.25, -0.2) is 4.39 Å². The standard InChI is InChI=1S/C14H9Cl2FN2/c15-12-5-4-10(6-9(12)7-18)19-8-11-13(16)2-1-3-14(11)17/h1-6,19H,8H2. The fourth-order valence-corrected chi connectivity index (χ4v) is 2.00. The van der Waals surface area contributed by atoms with E-state index in [9.17, 15) is 4.39 Å². The molecule has 0 atom stereocenters. The van der Waals surface area contributed by atoms with Crippen molar-refractivity contribution in [1.29, 1.82) is 5.26 Å². The van der Waals surface area contributed by atoms with Crippen LogP contribution in [0.4, 0.5) is 10.1 Å². The van der Waals surface area contributed by atoms with Crippen molar-refractivity contribution >= 4 is 28.9 Å². The number of halogens is 3. The fraction of sp³-hybridized carbons (Fsp3) is 0.0714. The van der Waals surface area contributed by atoms with Gasteiger partial charge in [-0.3, -0.25) is 0 Å². The van der Waals surface area contributed by atoms with E-state index in [0.29, 0.717) is 26.9 Å². The van der Waals surface area contributed by atoms with Gasteiger partial charge in [-0.1, -0.05) is 29.3 Å². The molecule has 0 spiro atoms. The number of hydrogen-bond donors (Lipinski definition) is 1. The lowest BCUT2D eigenvalue weighted by Gasteiger charge is -2.09. The summed E-state index contributed by atoms with van der Waals surface area (Å²) in [5, 5.41) is 12.6. The average Bonchev–Trinajstić information content (AvgIpc) is 2.40. The molecule has 1 N–H and O–H groups in total. The van der Waals surface area contributed by atoms with Gasteiger partial charge in [0, 0.05) is 22.8 Å². The smallest absolute Gasteiger partial charge is 0.129 e. The third-order valence-electron chi connectivity index (χ3n) is 2.62. The third-order valence-corrected chi connectivity index (χ3v) is 3.30. The molecule has 2 nitrogen and oxygen atoms in total. The number of nitrogens with zero attached hydrogens (tertiary/aromatic N) is 1. The summed E-state index contributed by atoms with van der Waals surface area (Å²) >= 11 is 11.8. The van der Waals surface area contributed by atoms with Crippen LogP contribution in [0.5, 0.6) is 0 Å². The van der Waals surface area contributed by atoms with E-state index in [0.717, 1.165) is 0 Å². The second kappa shape index (κ2) is 5.92. The molecule has 2 aromatic carbocycles. The minimum Gasteiger partial charge on any atom is -0.381 e. The first-order valence-corrected chi connectivity index (χ1v) is 6.24. The van der Waals surface area contributed by atoms with E-state index < -0.39 is 0 Å². The van der Waals surface area contributed by atoms with Gasteiger partial charge in [-0.05, 0) is 30.3 Å². The maximum atomic E-state index is 13.6. The Hall–Kier alpha value is -1.76. The van der Waals surface area contributed by atoms with E-state index in [2.05, 4.69) is 5.32 Å². The van der Waals surface area contributed by atoms with Gasteiger partial charge in [0.05, 0.1) is 10.6 Å². The van der Waals surface area contributed by atoms with E-state index in [1.54, 1.807) is 30.3 Å². The zero-order chi connectivity index (χ0) is 13.8. The van der Waals surface area contributed by atoms with Crippen molar-refractivity contribution < 1.29 is 4.39 Å². The Balaban J connectivity index is 2.17. The Morgan fingerprint density at radius 2 is 1.95 bits per heavy atom. The highest BCUT2D eigenvalue weighted by Crippen LogP contribution is 2.23. The van der Waals surface area contributed by atoms with Crippen molar-refractivity contribution in [3.05, 3.63) is 63.4 Å². The van der Waals surface area contributed by atoms with Gasteiger partial charge in [-0.15, -0.1) is 0 Å². The number of hydrogen-bond acceptors (Lipinski definition) is 2. The third kappa shape index (κ3) is 3.17. The SMILES string of the molecule is N#Cc1cc(NCc2c(F)cccc2Cl)ccc1Cl. The van der Waals surface area contributed by atoms with Gasteiger partial charge in [0.2, 0.25) is 0 Å². The minimum absolute atomic E-state index is 0.234. The monoisotopic (exact) mass is 294 g/mol. The topological polar surface area (TPSA) is 35.8 Å². The largest absolute Gasteiger partial charge is 0.381 e. The van der Waals surface area contributed by atoms with Crippen molar-refractivity contribution in [3.63, 3.8) is 0 Å². The van der Waals surface area contributed by atoms with Gasteiger partial charge in [0.1, 0.15) is 11.9 Å². The Kier molecular flexibility index (Phi) is 4.26. The summed E-state index contributed by atoms with van der Waals surface area (Å²) in [6, 6.07) is 11.5. The molecule has 0 amide bonds. The van der Waals surface area contributed by atoms with Gasteiger partial charge in [0.15, 0.2) is 0 Å². The van der Waals surface area contributed by atoms with Crippen LogP contribution in [0.1, 0.15) is 11.1 Å². The lowest BCUT2D eigenvalue weighted by Crippen LogP contribution is -2.02. The molecular weight excluding hydrogens is 286 g/mol. The van der Waals surface area contributed by atoms with E-state index in [1.165, 1.54) is 6.07 Å². The summed E-state index contributed by atoms with van der Waals surface area (Å²) in [7, 11) is 0. The number of benzene rings is 2. The summed E-state index contributed by atoms with van der Waals surface area (Å²) in [4.78, 5) is 0. The predicted molar refractivity (Wildman–Crippen MR) is 74.9 cm³/mol. The number of nitriles is 1. The molecule has 0 radical (unpaired) electrons. The molecule has 96 valence electrons. The first-order chi connectivity index (χ1) is 9.11. The molecule has 2 aromatic rings. The molecule has 0 heterocycles. The summed E-state index contributed by atoms with van der Waals surface area (Å²) in [5.41, 5.74) is 1.43. The van der Waals surface area contributed by atoms with Crippen LogP contribution < -0.4 is 5.32 Å². The number of anilines is 1. The molecule has 0 aliphatic rings. The second-order valence-corrected chi connectivity index (χ2v) is 4.67. The van der Waals surface area contributed by atoms with Crippen molar-refractivity contribution in [2.45, 2.75) is 6.54 Å². The van der Waals surface area contributed by atoms with Crippen LogP contribution in [0, 0.1) is 17.1 Å². The van der Waals surface area contributed by atoms with E-state index in [4.69, 9.17) is 28.5 Å². The highest BCUT2D eigenvalue weighted by atomic mass is 35.5. The molecule has 0 aromatic heterocycles. The summed E-state index contributed by atoms with van der Waals surface area (Å²) in [5.74, 6) is -0.366. The highest BCUT2D eigenvalue weighted by molar-refractivity contribution is 6.32. The Morgan fingerprint density at radius 3 is 2.63 bits per heavy atom. The fourth-order valence-electron chi connectivity index (χ4n) is 1.61. The molecule has 0 saturated heterocycles.